The highest BCUT2D eigenvalue weighted by Crippen LogP contribution is 2.42. The summed E-state index contributed by atoms with van der Waals surface area (Å²) in [5.74, 6) is 0.0146. The summed E-state index contributed by atoms with van der Waals surface area (Å²) in [4.78, 5) is 26.6. The number of piperidine rings is 1. The third-order valence-electron chi connectivity index (χ3n) is 6.66. The molecule has 2 aromatic rings. The molecule has 1 aromatic carbocycles. The number of carbonyl (C=O) groups is 1. The summed E-state index contributed by atoms with van der Waals surface area (Å²) in [5, 5.41) is 0. The zero-order chi connectivity index (χ0) is 21.9. The standard InChI is InChI=1S/C22H24BrN3O4S/c1-2-20(27)25-7-6-15-9-17(23)10-19(22(15)25)31(29,30)24-11-14-8-16(13-24)18-4-3-5-21(28)26(18)12-14/h3-5,9-10,14,16H,2,6-8,11-13H2,1H3/t14-,16+/m1/s1. The Morgan fingerprint density at radius 3 is 2.77 bits per heavy atom. The van der Waals surface area contributed by atoms with E-state index in [0.717, 1.165) is 17.7 Å². The van der Waals surface area contributed by atoms with E-state index < -0.39 is 10.0 Å². The van der Waals surface area contributed by atoms with Crippen LogP contribution in [-0.2, 0) is 27.8 Å². The second kappa shape index (κ2) is 7.56. The van der Waals surface area contributed by atoms with Crippen molar-refractivity contribution in [1.82, 2.24) is 8.87 Å². The summed E-state index contributed by atoms with van der Waals surface area (Å²) < 4.78 is 31.8. The molecule has 31 heavy (non-hydrogen) atoms. The van der Waals surface area contributed by atoms with Gasteiger partial charge in [-0.15, -0.1) is 0 Å². The van der Waals surface area contributed by atoms with Crippen LogP contribution in [0.4, 0.5) is 5.69 Å². The van der Waals surface area contributed by atoms with Crippen LogP contribution in [0.2, 0.25) is 0 Å². The summed E-state index contributed by atoms with van der Waals surface area (Å²) in [6.45, 7) is 3.55. The first-order valence-corrected chi connectivity index (χ1v) is 12.9. The van der Waals surface area contributed by atoms with Gasteiger partial charge in [-0.3, -0.25) is 9.59 Å². The normalized spacial score (nSPS) is 22.8. The number of anilines is 1. The second-order valence-electron chi connectivity index (χ2n) is 8.58. The van der Waals surface area contributed by atoms with Gasteiger partial charge in [0.2, 0.25) is 15.9 Å². The van der Waals surface area contributed by atoms with Gasteiger partial charge in [-0.2, -0.15) is 4.31 Å². The average molecular weight is 506 g/mol. The molecular weight excluding hydrogens is 482 g/mol. The Kier molecular flexibility index (Phi) is 5.10. The van der Waals surface area contributed by atoms with E-state index in [4.69, 9.17) is 0 Å². The highest BCUT2D eigenvalue weighted by atomic mass is 79.9. The van der Waals surface area contributed by atoms with Crippen molar-refractivity contribution in [3.63, 3.8) is 0 Å². The van der Waals surface area contributed by atoms with Crippen LogP contribution in [0.15, 0.2) is 44.5 Å². The van der Waals surface area contributed by atoms with Crippen molar-refractivity contribution < 1.29 is 13.2 Å². The molecule has 0 aliphatic carbocycles. The zero-order valence-electron chi connectivity index (χ0n) is 17.3. The Morgan fingerprint density at radius 2 is 2.00 bits per heavy atom. The lowest BCUT2D eigenvalue weighted by molar-refractivity contribution is -0.118. The van der Waals surface area contributed by atoms with Gasteiger partial charge >= 0.3 is 0 Å². The molecule has 7 nitrogen and oxygen atoms in total. The molecular formula is C22H24BrN3O4S. The van der Waals surface area contributed by atoms with Gasteiger partial charge in [0, 0.05) is 54.8 Å². The van der Waals surface area contributed by atoms with E-state index in [-0.39, 0.29) is 28.2 Å². The molecule has 1 aromatic heterocycles. The highest BCUT2D eigenvalue weighted by Gasteiger charge is 2.42. The smallest absolute Gasteiger partial charge is 0.250 e. The van der Waals surface area contributed by atoms with Crippen molar-refractivity contribution in [3.05, 3.63) is 56.4 Å². The maximum atomic E-state index is 13.9. The molecule has 0 unspecified atom stereocenters. The predicted molar refractivity (Wildman–Crippen MR) is 121 cm³/mol. The fraction of sp³-hybridized carbons (Fsp3) is 0.455. The minimum Gasteiger partial charge on any atom is -0.312 e. The van der Waals surface area contributed by atoms with Gasteiger partial charge in [-0.1, -0.05) is 28.9 Å². The van der Waals surface area contributed by atoms with Crippen LogP contribution >= 0.6 is 15.9 Å². The van der Waals surface area contributed by atoms with E-state index >= 15 is 0 Å². The molecule has 0 N–H and O–H groups in total. The minimum atomic E-state index is -3.82. The monoisotopic (exact) mass is 505 g/mol. The Labute approximate surface area is 189 Å². The van der Waals surface area contributed by atoms with E-state index in [1.54, 1.807) is 38.9 Å². The summed E-state index contributed by atoms with van der Waals surface area (Å²) in [7, 11) is -3.82. The first kappa shape index (κ1) is 20.9. The van der Waals surface area contributed by atoms with Gasteiger partial charge in [-0.25, -0.2) is 8.42 Å². The number of benzene rings is 1. The lowest BCUT2D eigenvalue weighted by Crippen LogP contribution is -2.49. The largest absolute Gasteiger partial charge is 0.312 e. The van der Waals surface area contributed by atoms with Gasteiger partial charge in [0.15, 0.2) is 0 Å². The Morgan fingerprint density at radius 1 is 1.19 bits per heavy atom. The van der Waals surface area contributed by atoms with E-state index in [1.807, 2.05) is 12.1 Å². The van der Waals surface area contributed by atoms with Gasteiger partial charge in [0.05, 0.1) is 5.69 Å². The fourth-order valence-corrected chi connectivity index (χ4v) is 7.77. The number of fused-ring (bicyclic) bond motifs is 5. The van der Waals surface area contributed by atoms with Crippen molar-refractivity contribution in [2.45, 2.75) is 43.5 Å². The van der Waals surface area contributed by atoms with E-state index in [1.165, 1.54) is 0 Å². The lowest BCUT2D eigenvalue weighted by Gasteiger charge is -2.42. The van der Waals surface area contributed by atoms with Crippen LogP contribution < -0.4 is 10.5 Å². The Balaban J connectivity index is 1.56. The molecule has 2 atom stereocenters. The molecule has 1 amide bonds. The van der Waals surface area contributed by atoms with Gasteiger partial charge in [-0.05, 0) is 42.5 Å². The van der Waals surface area contributed by atoms with Crippen molar-refractivity contribution >= 4 is 37.5 Å². The van der Waals surface area contributed by atoms with Crippen LogP contribution in [0.5, 0.6) is 0 Å². The SMILES string of the molecule is CCC(=O)N1CCc2cc(Br)cc(S(=O)(=O)N3C[C@H]4C[C@@H](C3)c3cccc(=O)n3C4)c21. The summed E-state index contributed by atoms with van der Waals surface area (Å²) in [5.41, 5.74) is 2.29. The highest BCUT2D eigenvalue weighted by molar-refractivity contribution is 9.10. The molecule has 0 radical (unpaired) electrons. The zero-order valence-corrected chi connectivity index (χ0v) is 19.7. The number of sulfonamides is 1. The van der Waals surface area contributed by atoms with Crippen molar-refractivity contribution in [1.29, 1.82) is 0 Å². The molecule has 1 saturated heterocycles. The number of pyridine rings is 1. The first-order valence-electron chi connectivity index (χ1n) is 10.6. The number of aromatic nitrogens is 1. The number of rotatable bonds is 3. The van der Waals surface area contributed by atoms with E-state index in [0.29, 0.717) is 49.2 Å². The molecule has 0 saturated carbocycles. The molecule has 0 spiro atoms. The van der Waals surface area contributed by atoms with Crippen molar-refractivity contribution in [3.8, 4) is 0 Å². The quantitative estimate of drug-likeness (QED) is 0.642. The summed E-state index contributed by atoms with van der Waals surface area (Å²) >= 11 is 3.46. The number of amides is 1. The fourth-order valence-electron chi connectivity index (χ4n) is 5.29. The molecule has 5 rings (SSSR count). The van der Waals surface area contributed by atoms with Crippen LogP contribution in [0.25, 0.3) is 0 Å². The maximum Gasteiger partial charge on any atom is 0.250 e. The Bertz CT molecular complexity index is 1240. The number of nitrogens with zero attached hydrogens (tertiary/aromatic N) is 3. The molecule has 1 fully saturated rings. The van der Waals surface area contributed by atoms with Gasteiger partial charge in [0.25, 0.3) is 5.56 Å². The van der Waals surface area contributed by atoms with Gasteiger partial charge < -0.3 is 9.47 Å². The Hall–Kier alpha value is -1.97. The van der Waals surface area contributed by atoms with Crippen molar-refractivity contribution in [2.75, 3.05) is 24.5 Å². The number of halogens is 1. The summed E-state index contributed by atoms with van der Waals surface area (Å²) in [6.07, 6.45) is 1.85. The average Bonchev–Trinajstić information content (AvgIpc) is 3.17. The van der Waals surface area contributed by atoms with Crippen LogP contribution in [0, 0.1) is 5.92 Å². The number of carbonyl (C=O) groups excluding carboxylic acids is 1. The van der Waals surface area contributed by atoms with Gasteiger partial charge in [0.1, 0.15) is 4.90 Å². The minimum absolute atomic E-state index is 0.00949. The molecule has 9 heteroatoms. The molecule has 3 aliphatic heterocycles. The topological polar surface area (TPSA) is 79.7 Å². The van der Waals surface area contributed by atoms with Crippen LogP contribution in [0.1, 0.15) is 36.9 Å². The molecule has 4 heterocycles. The van der Waals surface area contributed by atoms with E-state index in [2.05, 4.69) is 15.9 Å². The summed E-state index contributed by atoms with van der Waals surface area (Å²) in [6, 6.07) is 8.76. The predicted octanol–water partition coefficient (Wildman–Crippen LogP) is 2.72. The van der Waals surface area contributed by atoms with E-state index in [9.17, 15) is 18.0 Å². The molecule has 164 valence electrons. The third kappa shape index (κ3) is 3.37. The molecule has 2 bridgehead atoms. The van der Waals surface area contributed by atoms with Crippen LogP contribution in [-0.4, -0.2) is 42.8 Å². The number of hydrogen-bond acceptors (Lipinski definition) is 4. The number of hydrogen-bond donors (Lipinski definition) is 0. The van der Waals surface area contributed by atoms with Crippen LogP contribution in [0.3, 0.4) is 0 Å². The molecule has 3 aliphatic rings. The lowest BCUT2D eigenvalue weighted by atomic mass is 9.84. The second-order valence-corrected chi connectivity index (χ2v) is 11.4. The third-order valence-corrected chi connectivity index (χ3v) is 8.96. The van der Waals surface area contributed by atoms with Crippen molar-refractivity contribution in [2.24, 2.45) is 5.92 Å². The maximum absolute atomic E-state index is 13.9. The first-order chi connectivity index (χ1) is 14.8.